The Morgan fingerprint density at radius 3 is 2.57 bits per heavy atom. The maximum Gasteiger partial charge on any atom is 0.251 e. The summed E-state index contributed by atoms with van der Waals surface area (Å²) in [5, 5.41) is 12.4. The van der Waals surface area contributed by atoms with Crippen LogP contribution in [0.5, 0.6) is 0 Å². The number of carbonyl (C=O) groups is 2. The van der Waals surface area contributed by atoms with Crippen LogP contribution in [0.1, 0.15) is 41.6 Å². The molecule has 1 atom stereocenters. The van der Waals surface area contributed by atoms with Gasteiger partial charge in [-0.15, -0.1) is 0 Å². The first-order valence-corrected chi connectivity index (χ1v) is 10.4. The molecule has 0 saturated carbocycles. The molecular formula is C23H29N5O2. The molecule has 0 bridgehead atoms. The van der Waals surface area contributed by atoms with Gasteiger partial charge in [-0.3, -0.25) is 14.6 Å². The fourth-order valence-electron chi connectivity index (χ4n) is 3.40. The SMILES string of the molecule is CCNC(=NCC1CC(=O)Nc2ccccc21)NCCCNC(=O)c1ccccc1. The Hall–Kier alpha value is -3.35. The summed E-state index contributed by atoms with van der Waals surface area (Å²) in [6, 6.07) is 17.1. The van der Waals surface area contributed by atoms with E-state index in [0.29, 0.717) is 31.6 Å². The van der Waals surface area contributed by atoms with Crippen molar-refractivity contribution >= 4 is 23.5 Å². The molecule has 2 amide bonds. The molecule has 7 nitrogen and oxygen atoms in total. The fourth-order valence-corrected chi connectivity index (χ4v) is 3.40. The van der Waals surface area contributed by atoms with Crippen LogP contribution >= 0.6 is 0 Å². The third-order valence-corrected chi connectivity index (χ3v) is 4.89. The molecule has 158 valence electrons. The lowest BCUT2D eigenvalue weighted by Gasteiger charge is -2.24. The third kappa shape index (κ3) is 6.07. The van der Waals surface area contributed by atoms with Crippen LogP contribution in [0.15, 0.2) is 59.6 Å². The van der Waals surface area contributed by atoms with Crippen LogP contribution < -0.4 is 21.3 Å². The van der Waals surface area contributed by atoms with Crippen molar-refractivity contribution in [3.8, 4) is 0 Å². The number of benzene rings is 2. The van der Waals surface area contributed by atoms with Gasteiger partial charge >= 0.3 is 0 Å². The molecular weight excluding hydrogens is 378 g/mol. The topological polar surface area (TPSA) is 94.6 Å². The van der Waals surface area contributed by atoms with E-state index in [9.17, 15) is 9.59 Å². The van der Waals surface area contributed by atoms with E-state index in [1.807, 2.05) is 49.4 Å². The molecule has 3 rings (SSSR count). The minimum Gasteiger partial charge on any atom is -0.357 e. The minimum atomic E-state index is -0.0644. The monoisotopic (exact) mass is 407 g/mol. The van der Waals surface area contributed by atoms with Crippen molar-refractivity contribution in [1.29, 1.82) is 0 Å². The Kier molecular flexibility index (Phi) is 7.83. The van der Waals surface area contributed by atoms with Crippen molar-refractivity contribution in [2.75, 3.05) is 31.5 Å². The number of nitrogens with one attached hydrogen (secondary N) is 4. The molecule has 2 aromatic rings. The van der Waals surface area contributed by atoms with Crippen molar-refractivity contribution in [2.45, 2.75) is 25.7 Å². The minimum absolute atomic E-state index is 0.0287. The highest BCUT2D eigenvalue weighted by Crippen LogP contribution is 2.31. The fraction of sp³-hybridized carbons (Fsp3) is 0.348. The summed E-state index contributed by atoms with van der Waals surface area (Å²) in [6.07, 6.45) is 1.21. The van der Waals surface area contributed by atoms with Crippen LogP contribution in [-0.4, -0.2) is 44.0 Å². The van der Waals surface area contributed by atoms with Crippen molar-refractivity contribution in [2.24, 2.45) is 4.99 Å². The van der Waals surface area contributed by atoms with Crippen LogP contribution in [-0.2, 0) is 4.79 Å². The number of anilines is 1. The number of guanidine groups is 1. The second kappa shape index (κ2) is 11.0. The molecule has 1 aliphatic rings. The van der Waals surface area contributed by atoms with Crippen LogP contribution in [0.25, 0.3) is 0 Å². The summed E-state index contributed by atoms with van der Waals surface area (Å²) in [6.45, 7) is 4.56. The molecule has 4 N–H and O–H groups in total. The Balaban J connectivity index is 1.47. The summed E-state index contributed by atoms with van der Waals surface area (Å²) < 4.78 is 0. The van der Waals surface area contributed by atoms with Crippen LogP contribution in [0, 0.1) is 0 Å². The number of amides is 2. The van der Waals surface area contributed by atoms with E-state index in [1.54, 1.807) is 12.1 Å². The molecule has 7 heteroatoms. The maximum atomic E-state index is 12.0. The molecule has 0 aliphatic carbocycles. The first-order valence-electron chi connectivity index (χ1n) is 10.4. The van der Waals surface area contributed by atoms with Gasteiger partial charge in [-0.1, -0.05) is 36.4 Å². The molecule has 1 aliphatic heterocycles. The lowest BCUT2D eigenvalue weighted by atomic mass is 9.91. The molecule has 0 fully saturated rings. The standard InChI is InChI=1S/C23H29N5O2/c1-2-24-23(26-14-8-13-25-22(30)17-9-4-3-5-10-17)27-16-18-15-21(29)28-20-12-7-6-11-19(18)20/h3-7,9-12,18H,2,8,13-16H2,1H3,(H,25,30)(H,28,29)(H2,24,26,27). The molecule has 0 aromatic heterocycles. The summed E-state index contributed by atoms with van der Waals surface area (Å²) in [5.41, 5.74) is 2.67. The van der Waals surface area contributed by atoms with Gasteiger partial charge in [-0.2, -0.15) is 0 Å². The van der Waals surface area contributed by atoms with E-state index in [0.717, 1.165) is 30.2 Å². The predicted octanol–water partition coefficient (Wildman–Crippen LogP) is 2.49. The smallest absolute Gasteiger partial charge is 0.251 e. The number of hydrogen-bond donors (Lipinski definition) is 4. The highest BCUT2D eigenvalue weighted by atomic mass is 16.2. The predicted molar refractivity (Wildman–Crippen MR) is 120 cm³/mol. The van der Waals surface area contributed by atoms with Crippen LogP contribution in [0.3, 0.4) is 0 Å². The summed E-state index contributed by atoms with van der Waals surface area (Å²) in [5.74, 6) is 0.748. The van der Waals surface area contributed by atoms with Crippen molar-refractivity contribution in [3.05, 3.63) is 65.7 Å². The van der Waals surface area contributed by atoms with Crippen molar-refractivity contribution < 1.29 is 9.59 Å². The average molecular weight is 408 g/mol. The molecule has 1 unspecified atom stereocenters. The van der Waals surface area contributed by atoms with Gasteiger partial charge in [0, 0.05) is 43.2 Å². The third-order valence-electron chi connectivity index (χ3n) is 4.89. The lowest BCUT2D eigenvalue weighted by Crippen LogP contribution is -2.39. The van der Waals surface area contributed by atoms with Gasteiger partial charge in [-0.25, -0.2) is 0 Å². The largest absolute Gasteiger partial charge is 0.357 e. The second-order valence-corrected chi connectivity index (χ2v) is 7.16. The summed E-state index contributed by atoms with van der Waals surface area (Å²) in [7, 11) is 0. The number of fused-ring (bicyclic) bond motifs is 1. The highest BCUT2D eigenvalue weighted by Gasteiger charge is 2.24. The van der Waals surface area contributed by atoms with Crippen molar-refractivity contribution in [3.63, 3.8) is 0 Å². The van der Waals surface area contributed by atoms with Gasteiger partial charge < -0.3 is 21.3 Å². The van der Waals surface area contributed by atoms with Crippen LogP contribution in [0.4, 0.5) is 5.69 Å². The quantitative estimate of drug-likeness (QED) is 0.307. The number of aliphatic imine (C=N–C) groups is 1. The van der Waals surface area contributed by atoms with Gasteiger partial charge in [0.2, 0.25) is 5.91 Å². The molecule has 0 spiro atoms. The maximum absolute atomic E-state index is 12.0. The van der Waals surface area contributed by atoms with Gasteiger partial charge in [0.1, 0.15) is 0 Å². The Bertz CT molecular complexity index is 882. The number of carbonyl (C=O) groups excluding carboxylic acids is 2. The zero-order chi connectivity index (χ0) is 21.2. The Morgan fingerprint density at radius 1 is 1.03 bits per heavy atom. The number of nitrogens with zero attached hydrogens (tertiary/aromatic N) is 1. The Labute approximate surface area is 177 Å². The van der Waals surface area contributed by atoms with Crippen LogP contribution in [0.2, 0.25) is 0 Å². The van der Waals surface area contributed by atoms with E-state index in [4.69, 9.17) is 0 Å². The van der Waals surface area contributed by atoms with E-state index in [2.05, 4.69) is 26.3 Å². The zero-order valence-electron chi connectivity index (χ0n) is 17.3. The van der Waals surface area contributed by atoms with Crippen molar-refractivity contribution in [1.82, 2.24) is 16.0 Å². The van der Waals surface area contributed by atoms with E-state index >= 15 is 0 Å². The molecule has 1 heterocycles. The number of hydrogen-bond acceptors (Lipinski definition) is 3. The van der Waals surface area contributed by atoms with Gasteiger partial charge in [-0.05, 0) is 37.1 Å². The van der Waals surface area contributed by atoms with E-state index in [1.165, 1.54) is 0 Å². The molecule has 2 aromatic carbocycles. The first kappa shape index (κ1) is 21.4. The van der Waals surface area contributed by atoms with E-state index in [-0.39, 0.29) is 17.7 Å². The van der Waals surface area contributed by atoms with Gasteiger partial charge in [0.25, 0.3) is 5.91 Å². The second-order valence-electron chi connectivity index (χ2n) is 7.16. The van der Waals surface area contributed by atoms with E-state index < -0.39 is 0 Å². The molecule has 0 saturated heterocycles. The summed E-state index contributed by atoms with van der Waals surface area (Å²) >= 11 is 0. The average Bonchev–Trinajstić information content (AvgIpc) is 2.77. The number of para-hydroxylation sites is 1. The normalized spacial score (nSPS) is 15.7. The highest BCUT2D eigenvalue weighted by molar-refractivity contribution is 5.95. The van der Waals surface area contributed by atoms with Gasteiger partial charge in [0.05, 0.1) is 6.54 Å². The zero-order valence-corrected chi connectivity index (χ0v) is 17.3. The van der Waals surface area contributed by atoms with Gasteiger partial charge in [0.15, 0.2) is 5.96 Å². The Morgan fingerprint density at radius 2 is 1.77 bits per heavy atom. The lowest BCUT2D eigenvalue weighted by molar-refractivity contribution is -0.116. The molecule has 30 heavy (non-hydrogen) atoms. The number of rotatable bonds is 8. The molecule has 0 radical (unpaired) electrons. The summed E-state index contributed by atoms with van der Waals surface area (Å²) in [4.78, 5) is 28.7. The first-order chi connectivity index (χ1) is 14.7.